The summed E-state index contributed by atoms with van der Waals surface area (Å²) >= 11 is 0. The molecule has 0 unspecified atom stereocenters. The first-order valence-corrected chi connectivity index (χ1v) is 13.9. The molecule has 0 aliphatic heterocycles. The minimum Gasteiger partial charge on any atom is -0.478 e. The van der Waals surface area contributed by atoms with Gasteiger partial charge in [0.2, 0.25) is 11.8 Å². The van der Waals surface area contributed by atoms with Gasteiger partial charge in [-0.15, -0.1) is 0 Å². The Morgan fingerprint density at radius 2 is 1.63 bits per heavy atom. The van der Waals surface area contributed by atoms with Gasteiger partial charge in [0.05, 0.1) is 23.9 Å². The lowest BCUT2D eigenvalue weighted by Gasteiger charge is -2.19. The highest BCUT2D eigenvalue weighted by Gasteiger charge is 2.31. The third kappa shape index (κ3) is 8.49. The fourth-order valence-electron chi connectivity index (χ4n) is 4.75. The standard InChI is InChI=1S/C32H33F4N3O2/c1-2-25(40)13-9-4-3-5-10-18-41-29-17-15-24(21-37-29)30(23-14-16-28-26(19-23)31(33)39-38-28)27(20-32(34,35)36)22-11-7-6-8-12-22/h6-8,11-12,14-17,19,21H,2-5,9-10,13,18,20H2,1H3,(H,38,39)/b30-27-. The van der Waals surface area contributed by atoms with Crippen LogP contribution in [0.2, 0.25) is 0 Å². The molecule has 0 saturated carbocycles. The number of halogens is 4. The van der Waals surface area contributed by atoms with Gasteiger partial charge in [0.15, 0.2) is 0 Å². The van der Waals surface area contributed by atoms with E-state index in [1.54, 1.807) is 54.6 Å². The van der Waals surface area contributed by atoms with Gasteiger partial charge in [0, 0.05) is 30.7 Å². The molecule has 0 amide bonds. The first-order valence-electron chi connectivity index (χ1n) is 13.9. The molecule has 41 heavy (non-hydrogen) atoms. The van der Waals surface area contributed by atoms with E-state index in [0.717, 1.165) is 32.1 Å². The number of carbonyl (C=O) groups excluding carboxylic acids is 1. The Bertz CT molecular complexity index is 1460. The van der Waals surface area contributed by atoms with E-state index in [0.29, 0.717) is 58.9 Å². The van der Waals surface area contributed by atoms with E-state index in [-0.39, 0.29) is 11.0 Å². The van der Waals surface area contributed by atoms with Gasteiger partial charge in [0.1, 0.15) is 5.78 Å². The van der Waals surface area contributed by atoms with Gasteiger partial charge in [-0.25, -0.2) is 4.98 Å². The smallest absolute Gasteiger partial charge is 0.393 e. The number of rotatable bonds is 14. The number of ketones is 1. The summed E-state index contributed by atoms with van der Waals surface area (Å²) in [5.41, 5.74) is 2.00. The minimum absolute atomic E-state index is 0.0532. The van der Waals surface area contributed by atoms with Crippen molar-refractivity contribution in [3.8, 4) is 5.88 Å². The number of hydrogen-bond donors (Lipinski definition) is 1. The van der Waals surface area contributed by atoms with E-state index < -0.39 is 18.5 Å². The molecule has 2 aromatic heterocycles. The summed E-state index contributed by atoms with van der Waals surface area (Å²) in [7, 11) is 0. The summed E-state index contributed by atoms with van der Waals surface area (Å²) in [5, 5.41) is 6.36. The first kappa shape index (κ1) is 30.0. The zero-order valence-electron chi connectivity index (χ0n) is 22.9. The molecule has 0 saturated heterocycles. The largest absolute Gasteiger partial charge is 0.478 e. The van der Waals surface area contributed by atoms with Crippen molar-refractivity contribution in [1.29, 1.82) is 0 Å². The zero-order valence-corrected chi connectivity index (χ0v) is 22.9. The zero-order chi connectivity index (χ0) is 29.2. The summed E-state index contributed by atoms with van der Waals surface area (Å²) in [6.07, 6.45) is 1.79. The lowest BCUT2D eigenvalue weighted by Crippen LogP contribution is -2.10. The van der Waals surface area contributed by atoms with Crippen LogP contribution in [-0.4, -0.2) is 33.7 Å². The maximum atomic E-state index is 14.4. The predicted octanol–water partition coefficient (Wildman–Crippen LogP) is 8.71. The molecule has 4 aromatic rings. The van der Waals surface area contributed by atoms with Gasteiger partial charge in [-0.05, 0) is 53.3 Å². The minimum atomic E-state index is -4.48. The molecular formula is C32H33F4N3O2. The monoisotopic (exact) mass is 567 g/mol. The number of benzene rings is 2. The molecule has 5 nitrogen and oxygen atoms in total. The van der Waals surface area contributed by atoms with Crippen LogP contribution in [0.1, 0.15) is 75.0 Å². The summed E-state index contributed by atoms with van der Waals surface area (Å²) in [5.74, 6) is 0.00834. The van der Waals surface area contributed by atoms with Gasteiger partial charge in [-0.1, -0.05) is 62.6 Å². The number of H-pyrrole nitrogens is 1. The third-order valence-electron chi connectivity index (χ3n) is 6.87. The highest BCUT2D eigenvalue weighted by Crippen LogP contribution is 2.40. The number of fused-ring (bicyclic) bond motifs is 1. The highest BCUT2D eigenvalue weighted by atomic mass is 19.4. The van der Waals surface area contributed by atoms with Crippen molar-refractivity contribution in [2.45, 2.75) is 64.5 Å². The molecule has 2 aromatic carbocycles. The van der Waals surface area contributed by atoms with Gasteiger partial charge < -0.3 is 4.74 Å². The Balaban J connectivity index is 1.57. The lowest BCUT2D eigenvalue weighted by molar-refractivity contribution is -0.123. The number of Topliss-reactive ketones (excluding diaryl/α,β-unsaturated/α-hetero) is 1. The number of alkyl halides is 3. The second-order valence-corrected chi connectivity index (χ2v) is 9.92. The summed E-state index contributed by atoms with van der Waals surface area (Å²) in [4.78, 5) is 15.8. The summed E-state index contributed by atoms with van der Waals surface area (Å²) in [6, 6.07) is 16.4. The maximum absolute atomic E-state index is 14.4. The molecule has 9 heteroatoms. The van der Waals surface area contributed by atoms with Gasteiger partial charge in [-0.2, -0.15) is 22.7 Å². The molecule has 2 heterocycles. The molecule has 4 rings (SSSR count). The number of aromatic amines is 1. The van der Waals surface area contributed by atoms with Crippen LogP contribution in [0.25, 0.3) is 22.0 Å². The van der Waals surface area contributed by atoms with Crippen molar-refractivity contribution in [1.82, 2.24) is 15.2 Å². The molecule has 0 spiro atoms. The van der Waals surface area contributed by atoms with Crippen LogP contribution in [0.3, 0.4) is 0 Å². The number of hydrogen-bond acceptors (Lipinski definition) is 4. The number of allylic oxidation sites excluding steroid dienone is 1. The Hall–Kier alpha value is -4.01. The van der Waals surface area contributed by atoms with Crippen molar-refractivity contribution in [2.75, 3.05) is 6.61 Å². The predicted molar refractivity (Wildman–Crippen MR) is 152 cm³/mol. The fourth-order valence-corrected chi connectivity index (χ4v) is 4.75. The number of ether oxygens (including phenoxy) is 1. The van der Waals surface area contributed by atoms with Crippen LogP contribution >= 0.6 is 0 Å². The molecule has 0 fully saturated rings. The van der Waals surface area contributed by atoms with E-state index in [1.165, 1.54) is 12.3 Å². The van der Waals surface area contributed by atoms with E-state index in [1.807, 2.05) is 6.92 Å². The first-order chi connectivity index (χ1) is 19.7. The normalized spacial score (nSPS) is 12.4. The van der Waals surface area contributed by atoms with Crippen LogP contribution in [0.15, 0.2) is 66.9 Å². The molecule has 0 aliphatic rings. The second kappa shape index (κ2) is 14.1. The van der Waals surface area contributed by atoms with Crippen molar-refractivity contribution >= 4 is 27.8 Å². The number of nitrogens with zero attached hydrogens (tertiary/aromatic N) is 2. The SMILES string of the molecule is CCC(=O)CCCCCCCOc1ccc(/C(=C(/CC(F)(F)F)c2ccccc2)c2ccc3n[nH]c(F)c3c2)cn1. The van der Waals surface area contributed by atoms with Gasteiger partial charge >= 0.3 is 6.18 Å². The van der Waals surface area contributed by atoms with E-state index in [4.69, 9.17) is 4.74 Å². The lowest BCUT2D eigenvalue weighted by atomic mass is 9.88. The Morgan fingerprint density at radius 1 is 0.902 bits per heavy atom. The number of pyridine rings is 1. The van der Waals surface area contributed by atoms with Crippen LogP contribution in [0.5, 0.6) is 5.88 Å². The summed E-state index contributed by atoms with van der Waals surface area (Å²) in [6.45, 7) is 2.34. The molecule has 1 N–H and O–H groups in total. The van der Waals surface area contributed by atoms with Crippen LogP contribution in [0.4, 0.5) is 17.6 Å². The average molecular weight is 568 g/mol. The van der Waals surface area contributed by atoms with Crippen molar-refractivity contribution in [3.05, 3.63) is 89.5 Å². The Morgan fingerprint density at radius 3 is 2.34 bits per heavy atom. The molecule has 0 aliphatic carbocycles. The third-order valence-corrected chi connectivity index (χ3v) is 6.87. The quantitative estimate of drug-likeness (QED) is 0.0940. The molecule has 0 bridgehead atoms. The number of unbranched alkanes of at least 4 members (excludes halogenated alkanes) is 4. The molecule has 0 radical (unpaired) electrons. The van der Waals surface area contributed by atoms with Gasteiger partial charge in [-0.3, -0.25) is 9.89 Å². The van der Waals surface area contributed by atoms with E-state index >= 15 is 0 Å². The summed E-state index contributed by atoms with van der Waals surface area (Å²) < 4.78 is 61.8. The van der Waals surface area contributed by atoms with Crippen molar-refractivity contribution in [2.24, 2.45) is 0 Å². The van der Waals surface area contributed by atoms with Crippen molar-refractivity contribution in [3.63, 3.8) is 0 Å². The fraction of sp³-hybridized carbons (Fsp3) is 0.344. The number of nitrogens with one attached hydrogen (secondary N) is 1. The molecule has 216 valence electrons. The van der Waals surface area contributed by atoms with Crippen LogP contribution in [0, 0.1) is 5.95 Å². The second-order valence-electron chi connectivity index (χ2n) is 9.92. The van der Waals surface area contributed by atoms with Crippen molar-refractivity contribution < 1.29 is 27.1 Å². The maximum Gasteiger partial charge on any atom is 0.393 e. The van der Waals surface area contributed by atoms with E-state index in [9.17, 15) is 22.4 Å². The Kier molecular flexibility index (Phi) is 10.3. The number of carbonyl (C=O) groups is 1. The highest BCUT2D eigenvalue weighted by molar-refractivity contribution is 6.00. The van der Waals surface area contributed by atoms with Gasteiger partial charge in [0.25, 0.3) is 0 Å². The van der Waals surface area contributed by atoms with Crippen LogP contribution in [-0.2, 0) is 4.79 Å². The van der Waals surface area contributed by atoms with E-state index in [2.05, 4.69) is 15.2 Å². The molecular weight excluding hydrogens is 534 g/mol. The number of aromatic nitrogens is 3. The Labute approximate surface area is 236 Å². The molecule has 0 atom stereocenters. The topological polar surface area (TPSA) is 67.9 Å². The van der Waals surface area contributed by atoms with Crippen LogP contribution < -0.4 is 4.74 Å². The average Bonchev–Trinajstić information content (AvgIpc) is 3.34.